The second-order valence-electron chi connectivity index (χ2n) is 5.21. The molecule has 1 heterocycles. The van der Waals surface area contributed by atoms with Gasteiger partial charge in [-0.25, -0.2) is 0 Å². The van der Waals surface area contributed by atoms with Crippen LogP contribution >= 0.6 is 11.8 Å². The van der Waals surface area contributed by atoms with E-state index in [0.29, 0.717) is 5.92 Å². The van der Waals surface area contributed by atoms with Crippen molar-refractivity contribution in [3.05, 3.63) is 47.8 Å². The molecule has 2 aromatic rings. The maximum atomic E-state index is 4.53. The molecule has 0 aliphatic carbocycles. The Balaban J connectivity index is 1.73. The Labute approximate surface area is 125 Å². The van der Waals surface area contributed by atoms with Gasteiger partial charge >= 0.3 is 0 Å². The van der Waals surface area contributed by atoms with Crippen LogP contribution in [0.4, 0.5) is 0 Å². The van der Waals surface area contributed by atoms with Gasteiger partial charge in [-0.1, -0.05) is 32.0 Å². The smallest absolute Gasteiger partial charge is 0.0694 e. The molecule has 0 unspecified atom stereocenters. The number of nitrogens with one attached hydrogen (secondary N) is 1. The molecule has 0 saturated carbocycles. The van der Waals surface area contributed by atoms with Crippen molar-refractivity contribution in [1.29, 1.82) is 0 Å². The molecule has 0 spiro atoms. The largest absolute Gasteiger partial charge is 0.312 e. The number of hydrogen-bond donors (Lipinski definition) is 1. The van der Waals surface area contributed by atoms with E-state index in [0.717, 1.165) is 18.8 Å². The summed E-state index contributed by atoms with van der Waals surface area (Å²) in [5.41, 5.74) is 2.52. The fourth-order valence-corrected chi connectivity index (χ4v) is 2.99. The normalized spacial score (nSPS) is 11.2. The van der Waals surface area contributed by atoms with Gasteiger partial charge in [0.1, 0.15) is 0 Å². The molecule has 0 saturated heterocycles. The minimum absolute atomic E-state index is 0.478. The summed E-state index contributed by atoms with van der Waals surface area (Å²) < 4.78 is 1.91. The van der Waals surface area contributed by atoms with Gasteiger partial charge in [0.2, 0.25) is 0 Å². The molecule has 0 atom stereocenters. The van der Waals surface area contributed by atoms with Crippen molar-refractivity contribution in [2.75, 3.05) is 12.3 Å². The molecule has 0 radical (unpaired) electrons. The summed E-state index contributed by atoms with van der Waals surface area (Å²) in [6.45, 7) is 6.29. The van der Waals surface area contributed by atoms with Gasteiger partial charge in [0.25, 0.3) is 0 Å². The van der Waals surface area contributed by atoms with Crippen LogP contribution in [0.15, 0.2) is 41.4 Å². The van der Waals surface area contributed by atoms with E-state index in [-0.39, 0.29) is 0 Å². The van der Waals surface area contributed by atoms with Crippen LogP contribution in [0.3, 0.4) is 0 Å². The Morgan fingerprint density at radius 1 is 1.25 bits per heavy atom. The van der Waals surface area contributed by atoms with Gasteiger partial charge < -0.3 is 5.32 Å². The molecule has 1 aromatic carbocycles. The van der Waals surface area contributed by atoms with Crippen molar-refractivity contribution in [2.24, 2.45) is 7.05 Å². The van der Waals surface area contributed by atoms with Crippen molar-refractivity contribution in [3.63, 3.8) is 0 Å². The van der Waals surface area contributed by atoms with Gasteiger partial charge in [0.05, 0.1) is 5.69 Å². The first kappa shape index (κ1) is 15.1. The first-order valence-electron chi connectivity index (χ1n) is 7.08. The lowest BCUT2D eigenvalue weighted by molar-refractivity contribution is 0.700. The molecule has 1 aromatic heterocycles. The first-order chi connectivity index (χ1) is 9.66. The highest BCUT2D eigenvalue weighted by Crippen LogP contribution is 2.18. The number of nitrogens with zero attached hydrogens (tertiary/aromatic N) is 2. The Kier molecular flexibility index (Phi) is 5.68. The van der Waals surface area contributed by atoms with E-state index in [4.69, 9.17) is 0 Å². The second-order valence-corrected chi connectivity index (χ2v) is 6.37. The highest BCUT2D eigenvalue weighted by atomic mass is 32.2. The molecular formula is C16H23N3S. The number of rotatable bonds is 7. The Bertz CT molecular complexity index is 520. The summed E-state index contributed by atoms with van der Waals surface area (Å²) >= 11 is 1.89. The molecule has 20 heavy (non-hydrogen) atoms. The number of hydrogen-bond acceptors (Lipinski definition) is 3. The lowest BCUT2D eigenvalue weighted by Crippen LogP contribution is -2.17. The highest BCUT2D eigenvalue weighted by molar-refractivity contribution is 7.99. The molecule has 108 valence electrons. The quantitative estimate of drug-likeness (QED) is 0.625. The van der Waals surface area contributed by atoms with Crippen molar-refractivity contribution >= 4 is 11.8 Å². The third-order valence-electron chi connectivity index (χ3n) is 3.09. The minimum Gasteiger partial charge on any atom is -0.312 e. The van der Waals surface area contributed by atoms with Crippen LogP contribution in [-0.2, 0) is 13.6 Å². The summed E-state index contributed by atoms with van der Waals surface area (Å²) in [5, 5.41) is 8.03. The second kappa shape index (κ2) is 7.50. The molecule has 2 rings (SSSR count). The number of aryl methyl sites for hydroxylation is 1. The van der Waals surface area contributed by atoms with Crippen LogP contribution in [-0.4, -0.2) is 22.1 Å². The summed E-state index contributed by atoms with van der Waals surface area (Å²) in [6.07, 6.45) is 2.12. The van der Waals surface area contributed by atoms with E-state index < -0.39 is 0 Å². The molecule has 0 fully saturated rings. The van der Waals surface area contributed by atoms with Crippen molar-refractivity contribution in [1.82, 2.24) is 15.1 Å². The molecular weight excluding hydrogens is 266 g/mol. The average molecular weight is 289 g/mol. The van der Waals surface area contributed by atoms with E-state index in [1.807, 2.05) is 23.5 Å². The fourth-order valence-electron chi connectivity index (χ4n) is 2.16. The van der Waals surface area contributed by atoms with Crippen LogP contribution in [0.1, 0.15) is 31.0 Å². The van der Waals surface area contributed by atoms with Crippen molar-refractivity contribution < 1.29 is 0 Å². The van der Waals surface area contributed by atoms with E-state index in [2.05, 4.69) is 60.8 Å². The molecule has 0 amide bonds. The zero-order valence-corrected chi connectivity index (χ0v) is 13.3. The van der Waals surface area contributed by atoms with Gasteiger partial charge in [-0.05, 0) is 18.1 Å². The molecule has 0 aliphatic rings. The Hall–Kier alpha value is -1.26. The molecule has 1 N–H and O–H groups in total. The number of benzene rings is 1. The van der Waals surface area contributed by atoms with Crippen LogP contribution in [0.2, 0.25) is 0 Å². The number of aromatic nitrogens is 2. The van der Waals surface area contributed by atoms with E-state index >= 15 is 0 Å². The van der Waals surface area contributed by atoms with Gasteiger partial charge in [-0.2, -0.15) is 5.10 Å². The standard InChI is InChI=1S/C16H23N3S/c1-13(2)16-14(12-19(3)18-16)11-17-9-10-20-15-7-5-4-6-8-15/h4-8,12-13,17H,9-11H2,1-3H3. The maximum Gasteiger partial charge on any atom is 0.0694 e. The molecule has 0 bridgehead atoms. The third-order valence-corrected chi connectivity index (χ3v) is 4.10. The zero-order chi connectivity index (χ0) is 14.4. The predicted octanol–water partition coefficient (Wildman–Crippen LogP) is 3.43. The van der Waals surface area contributed by atoms with E-state index in [1.54, 1.807) is 0 Å². The maximum absolute atomic E-state index is 4.53. The monoisotopic (exact) mass is 289 g/mol. The van der Waals surface area contributed by atoms with E-state index in [1.165, 1.54) is 16.2 Å². The summed E-state index contributed by atoms with van der Waals surface area (Å²) in [7, 11) is 1.99. The highest BCUT2D eigenvalue weighted by Gasteiger charge is 2.10. The first-order valence-corrected chi connectivity index (χ1v) is 8.06. The topological polar surface area (TPSA) is 29.9 Å². The van der Waals surface area contributed by atoms with Gasteiger partial charge in [0.15, 0.2) is 0 Å². The van der Waals surface area contributed by atoms with Crippen molar-refractivity contribution in [3.8, 4) is 0 Å². The minimum atomic E-state index is 0.478. The molecule has 3 nitrogen and oxygen atoms in total. The van der Waals surface area contributed by atoms with Crippen molar-refractivity contribution in [2.45, 2.75) is 31.2 Å². The van der Waals surface area contributed by atoms with Crippen LogP contribution in [0.5, 0.6) is 0 Å². The molecule has 0 aliphatic heterocycles. The van der Waals surface area contributed by atoms with Crippen LogP contribution in [0, 0.1) is 0 Å². The van der Waals surface area contributed by atoms with Gasteiger partial charge in [-0.15, -0.1) is 11.8 Å². The third kappa shape index (κ3) is 4.39. The number of thioether (sulfide) groups is 1. The van der Waals surface area contributed by atoms with Crippen LogP contribution in [0.25, 0.3) is 0 Å². The van der Waals surface area contributed by atoms with Crippen LogP contribution < -0.4 is 5.32 Å². The zero-order valence-electron chi connectivity index (χ0n) is 12.5. The predicted molar refractivity (Wildman–Crippen MR) is 86.2 cm³/mol. The van der Waals surface area contributed by atoms with Gasteiger partial charge in [-0.3, -0.25) is 4.68 Å². The van der Waals surface area contributed by atoms with Gasteiger partial charge in [0, 0.05) is 42.5 Å². The summed E-state index contributed by atoms with van der Waals surface area (Å²) in [6, 6.07) is 10.5. The lowest BCUT2D eigenvalue weighted by Gasteiger charge is -2.07. The SMILES string of the molecule is CC(C)c1nn(C)cc1CNCCSc1ccccc1. The summed E-state index contributed by atoms with van der Waals surface area (Å²) in [4.78, 5) is 1.33. The fraction of sp³-hybridized carbons (Fsp3) is 0.438. The average Bonchev–Trinajstić information content (AvgIpc) is 2.81. The summed E-state index contributed by atoms with van der Waals surface area (Å²) in [5.74, 6) is 1.56. The Morgan fingerprint density at radius 2 is 2.00 bits per heavy atom. The Morgan fingerprint density at radius 3 is 2.70 bits per heavy atom. The van der Waals surface area contributed by atoms with E-state index in [9.17, 15) is 0 Å². The lowest BCUT2D eigenvalue weighted by atomic mass is 10.1. The molecule has 4 heteroatoms.